The van der Waals surface area contributed by atoms with Crippen molar-refractivity contribution in [2.75, 3.05) is 6.61 Å². The van der Waals surface area contributed by atoms with E-state index in [1.807, 2.05) is 6.08 Å². The second-order valence-electron chi connectivity index (χ2n) is 5.16. The average molecular weight is 282 g/mol. The first-order chi connectivity index (χ1) is 9.29. The summed E-state index contributed by atoms with van der Waals surface area (Å²) in [6, 6.07) is 0. The van der Waals surface area contributed by atoms with Gasteiger partial charge in [-0.2, -0.15) is 0 Å². The van der Waals surface area contributed by atoms with Crippen molar-refractivity contribution in [3.8, 4) is 0 Å². The lowest BCUT2D eigenvalue weighted by molar-refractivity contribution is -0.134. The fourth-order valence-corrected chi connectivity index (χ4v) is 1.49. The van der Waals surface area contributed by atoms with Crippen LogP contribution in [-0.4, -0.2) is 22.8 Å². The van der Waals surface area contributed by atoms with E-state index in [-0.39, 0.29) is 6.61 Å². The minimum Gasteiger partial charge on any atom is -0.481 e. The second-order valence-corrected chi connectivity index (χ2v) is 5.16. The van der Waals surface area contributed by atoms with Crippen molar-refractivity contribution in [2.45, 2.75) is 60.3 Å². The van der Waals surface area contributed by atoms with Gasteiger partial charge in [0.15, 0.2) is 0 Å². The van der Waals surface area contributed by atoms with Gasteiger partial charge in [0, 0.05) is 6.92 Å². The van der Waals surface area contributed by atoms with Gasteiger partial charge in [0.2, 0.25) is 0 Å². The van der Waals surface area contributed by atoms with E-state index in [2.05, 4.69) is 39.8 Å². The van der Waals surface area contributed by atoms with Crippen LogP contribution in [-0.2, 0) is 4.79 Å². The summed E-state index contributed by atoms with van der Waals surface area (Å²) >= 11 is 0. The summed E-state index contributed by atoms with van der Waals surface area (Å²) in [5.41, 5.74) is 4.14. The third kappa shape index (κ3) is 21.9. The van der Waals surface area contributed by atoms with E-state index in [4.69, 9.17) is 15.0 Å². The summed E-state index contributed by atoms with van der Waals surface area (Å²) in [4.78, 5) is 9.00. The molecule has 0 aliphatic heterocycles. The molecular formula is C17H30O3. The molecule has 0 radical (unpaired) electrons. The molecule has 0 aliphatic carbocycles. The molecule has 0 amide bonds. The molecule has 3 heteroatoms. The van der Waals surface area contributed by atoms with E-state index in [0.717, 1.165) is 32.6 Å². The van der Waals surface area contributed by atoms with Crippen molar-refractivity contribution < 1.29 is 15.0 Å². The van der Waals surface area contributed by atoms with Crippen LogP contribution in [0, 0.1) is 0 Å². The highest BCUT2D eigenvalue weighted by molar-refractivity contribution is 5.62. The largest absolute Gasteiger partial charge is 0.481 e. The van der Waals surface area contributed by atoms with Crippen LogP contribution < -0.4 is 0 Å². The Morgan fingerprint density at radius 1 is 0.850 bits per heavy atom. The number of aliphatic hydroxyl groups is 1. The lowest BCUT2D eigenvalue weighted by Gasteiger charge is -2.00. The summed E-state index contributed by atoms with van der Waals surface area (Å²) in [5.74, 6) is -0.833. The first kappa shape index (κ1) is 21.0. The van der Waals surface area contributed by atoms with Crippen molar-refractivity contribution in [2.24, 2.45) is 0 Å². The Morgan fingerprint density at radius 2 is 1.25 bits per heavy atom. The number of aliphatic carboxylic acids is 1. The zero-order chi connectivity index (χ0) is 16.0. The lowest BCUT2D eigenvalue weighted by Crippen LogP contribution is -1.82. The van der Waals surface area contributed by atoms with Crippen LogP contribution >= 0.6 is 0 Å². The molecule has 0 heterocycles. The molecule has 3 nitrogen and oxygen atoms in total. The summed E-state index contributed by atoms with van der Waals surface area (Å²) in [7, 11) is 0. The maximum absolute atomic E-state index is 9.00. The Balaban J connectivity index is 0. The Kier molecular flexibility index (Phi) is 14.7. The molecule has 0 spiro atoms. The first-order valence-corrected chi connectivity index (χ1v) is 7.04. The number of hydrogen-bond acceptors (Lipinski definition) is 2. The van der Waals surface area contributed by atoms with Crippen LogP contribution in [0.5, 0.6) is 0 Å². The summed E-state index contributed by atoms with van der Waals surface area (Å²) in [6.45, 7) is 9.80. The molecule has 116 valence electrons. The van der Waals surface area contributed by atoms with Gasteiger partial charge in [-0.25, -0.2) is 0 Å². The SMILES string of the molecule is CC(=O)O.CC(C)=CCC/C(C)=C/CC/C(C)=C/CO. The molecule has 0 fully saturated rings. The highest BCUT2D eigenvalue weighted by Gasteiger charge is 1.91. The fourth-order valence-electron chi connectivity index (χ4n) is 1.49. The highest BCUT2D eigenvalue weighted by atomic mass is 16.4. The molecule has 0 aromatic heterocycles. The molecule has 0 unspecified atom stereocenters. The van der Waals surface area contributed by atoms with E-state index in [0.29, 0.717) is 0 Å². The van der Waals surface area contributed by atoms with Crippen LogP contribution in [0.3, 0.4) is 0 Å². The maximum atomic E-state index is 9.00. The predicted molar refractivity (Wildman–Crippen MR) is 85.8 cm³/mol. The van der Waals surface area contributed by atoms with Crippen LogP contribution in [0.1, 0.15) is 60.3 Å². The molecule has 0 bridgehead atoms. The van der Waals surface area contributed by atoms with E-state index in [1.165, 1.54) is 16.7 Å². The van der Waals surface area contributed by atoms with Gasteiger partial charge in [-0.1, -0.05) is 34.9 Å². The van der Waals surface area contributed by atoms with Gasteiger partial charge in [-0.3, -0.25) is 4.79 Å². The van der Waals surface area contributed by atoms with Crippen molar-refractivity contribution in [1.82, 2.24) is 0 Å². The van der Waals surface area contributed by atoms with E-state index < -0.39 is 5.97 Å². The Morgan fingerprint density at radius 3 is 1.65 bits per heavy atom. The van der Waals surface area contributed by atoms with Crippen LogP contribution in [0.2, 0.25) is 0 Å². The summed E-state index contributed by atoms with van der Waals surface area (Å²) in [6.07, 6.45) is 10.9. The molecule has 0 aliphatic rings. The fraction of sp³-hybridized carbons (Fsp3) is 0.588. The van der Waals surface area contributed by atoms with Gasteiger partial charge in [-0.15, -0.1) is 0 Å². The van der Waals surface area contributed by atoms with Crippen molar-refractivity contribution >= 4 is 5.97 Å². The van der Waals surface area contributed by atoms with Gasteiger partial charge in [0.25, 0.3) is 5.97 Å². The van der Waals surface area contributed by atoms with Gasteiger partial charge >= 0.3 is 0 Å². The van der Waals surface area contributed by atoms with Crippen LogP contribution in [0.15, 0.2) is 34.9 Å². The van der Waals surface area contributed by atoms with Crippen LogP contribution in [0.25, 0.3) is 0 Å². The molecule has 2 N–H and O–H groups in total. The van der Waals surface area contributed by atoms with Gasteiger partial charge in [0.05, 0.1) is 6.61 Å². The minimum absolute atomic E-state index is 0.162. The Bertz CT molecular complexity index is 341. The first-order valence-electron chi connectivity index (χ1n) is 7.04. The van der Waals surface area contributed by atoms with Gasteiger partial charge in [-0.05, 0) is 53.4 Å². The van der Waals surface area contributed by atoms with Gasteiger partial charge < -0.3 is 10.2 Å². The zero-order valence-electron chi connectivity index (χ0n) is 13.6. The number of rotatable bonds is 7. The van der Waals surface area contributed by atoms with Gasteiger partial charge in [0.1, 0.15) is 0 Å². The topological polar surface area (TPSA) is 57.5 Å². The lowest BCUT2D eigenvalue weighted by atomic mass is 10.1. The average Bonchev–Trinajstić information content (AvgIpc) is 2.28. The van der Waals surface area contributed by atoms with Crippen molar-refractivity contribution in [3.63, 3.8) is 0 Å². The summed E-state index contributed by atoms with van der Waals surface area (Å²) < 4.78 is 0. The number of hydrogen-bond donors (Lipinski definition) is 2. The van der Waals surface area contributed by atoms with Crippen LogP contribution in [0.4, 0.5) is 0 Å². The molecule has 0 saturated heterocycles. The highest BCUT2D eigenvalue weighted by Crippen LogP contribution is 2.10. The molecule has 20 heavy (non-hydrogen) atoms. The van der Waals surface area contributed by atoms with E-state index >= 15 is 0 Å². The number of carboxylic acids is 1. The van der Waals surface area contributed by atoms with Crippen molar-refractivity contribution in [3.05, 3.63) is 34.9 Å². The molecule has 0 aromatic carbocycles. The molecule has 0 atom stereocenters. The molecule has 0 saturated carbocycles. The third-order valence-electron chi connectivity index (χ3n) is 2.56. The zero-order valence-corrected chi connectivity index (χ0v) is 13.6. The smallest absolute Gasteiger partial charge is 0.300 e. The number of aliphatic hydroxyl groups excluding tert-OH is 1. The maximum Gasteiger partial charge on any atom is 0.300 e. The van der Waals surface area contributed by atoms with E-state index in [1.54, 1.807) is 0 Å². The monoisotopic (exact) mass is 282 g/mol. The molecule has 0 rings (SSSR count). The minimum atomic E-state index is -0.833. The Labute approximate surface area is 123 Å². The third-order valence-corrected chi connectivity index (χ3v) is 2.56. The summed E-state index contributed by atoms with van der Waals surface area (Å²) in [5, 5.41) is 16.1. The molecule has 0 aromatic rings. The standard InChI is InChI=1S/C15H26O.C2H4O2/c1-13(2)7-5-8-14(3)9-6-10-15(4)11-12-16;1-2(3)4/h7,9,11,16H,5-6,8,10,12H2,1-4H3;1H3,(H,3,4)/b14-9+,15-11+;. The number of carboxylic acid groups (broad SMARTS) is 1. The van der Waals surface area contributed by atoms with Crippen molar-refractivity contribution in [1.29, 1.82) is 0 Å². The number of carbonyl (C=O) groups is 1. The second kappa shape index (κ2) is 14.1. The number of allylic oxidation sites excluding steroid dienone is 5. The Hall–Kier alpha value is -1.35. The van der Waals surface area contributed by atoms with E-state index in [9.17, 15) is 0 Å². The normalized spacial score (nSPS) is 11.5. The molecular weight excluding hydrogens is 252 g/mol. The predicted octanol–water partition coefficient (Wildman–Crippen LogP) is 4.49. The quantitative estimate of drug-likeness (QED) is 0.676.